The van der Waals surface area contributed by atoms with Crippen molar-refractivity contribution >= 4 is 21.9 Å². The summed E-state index contributed by atoms with van der Waals surface area (Å²) in [5.41, 5.74) is -0.0909. The van der Waals surface area contributed by atoms with Crippen molar-refractivity contribution in [2.75, 3.05) is 7.11 Å². The maximum atomic E-state index is 10.6. The van der Waals surface area contributed by atoms with Crippen molar-refractivity contribution in [2.45, 2.75) is 0 Å². The van der Waals surface area contributed by atoms with E-state index in [9.17, 15) is 4.79 Å². The smallest absolute Gasteiger partial charge is 0.358 e. The van der Waals surface area contributed by atoms with Crippen LogP contribution in [-0.4, -0.2) is 23.2 Å². The van der Waals surface area contributed by atoms with E-state index in [4.69, 9.17) is 9.84 Å². The molecule has 1 aromatic heterocycles. The Morgan fingerprint density at radius 3 is 2.69 bits per heavy atom. The molecule has 0 unspecified atom stereocenters. The molecule has 1 rings (SSSR count). The van der Waals surface area contributed by atoms with Gasteiger partial charge in [-0.05, 0) is 22.0 Å². The van der Waals surface area contributed by atoms with Crippen LogP contribution < -0.4 is 4.74 Å². The van der Waals surface area contributed by atoms with Gasteiger partial charge >= 0.3 is 5.97 Å². The second-order valence-corrected chi connectivity index (χ2v) is 2.83. The van der Waals surface area contributed by atoms with Gasteiger partial charge in [0.2, 0.25) is 0 Å². The molecule has 0 fully saturated rings. The minimum atomic E-state index is -1.10. The summed E-state index contributed by atoms with van der Waals surface area (Å²) in [7, 11) is 1.40. The number of rotatable bonds is 2. The number of halogens is 1. The molecule has 1 aromatic rings. The van der Waals surface area contributed by atoms with E-state index in [2.05, 4.69) is 20.9 Å². The fraction of sp³-hybridized carbons (Fsp3) is 0.143. The molecule has 66 valence electrons. The average Bonchev–Trinajstić information content (AvgIpc) is 2.03. The first-order valence-corrected chi connectivity index (χ1v) is 3.88. The van der Waals surface area contributed by atoms with Gasteiger partial charge in [-0.2, -0.15) is 0 Å². The number of carboxylic acids is 1. The maximum Gasteiger partial charge on any atom is 0.358 e. The molecule has 6 heteroatoms. The molecule has 4 nitrogen and oxygen atoms in total. The molecule has 0 aliphatic rings. The molecule has 0 bridgehead atoms. The Morgan fingerprint density at radius 2 is 2.31 bits per heavy atom. The Kier molecular flexibility index (Phi) is 5.10. The van der Waals surface area contributed by atoms with Crippen LogP contribution in [0.15, 0.2) is 16.7 Å². The Morgan fingerprint density at radius 1 is 1.69 bits per heavy atom. The summed E-state index contributed by atoms with van der Waals surface area (Å²) in [6, 6.07) is 1.62. The van der Waals surface area contributed by atoms with Gasteiger partial charge < -0.3 is 9.84 Å². The third-order valence-corrected chi connectivity index (χ3v) is 1.89. The number of hydrogen-bond acceptors (Lipinski definition) is 3. The second kappa shape index (κ2) is 5.30. The molecule has 0 saturated heterocycles. The zero-order valence-electron chi connectivity index (χ0n) is 6.95. The summed E-state index contributed by atoms with van der Waals surface area (Å²) in [5, 5.41) is 8.66. The van der Waals surface area contributed by atoms with E-state index in [-0.39, 0.29) is 30.9 Å². The normalized spacial score (nSPS) is 8.77. The first kappa shape index (κ1) is 12.5. The summed E-state index contributed by atoms with van der Waals surface area (Å²) >= 11 is 3.15. The van der Waals surface area contributed by atoms with Crippen LogP contribution in [0.4, 0.5) is 0 Å². The molecule has 0 spiro atoms. The van der Waals surface area contributed by atoms with Crippen LogP contribution in [0.5, 0.6) is 5.75 Å². The van der Waals surface area contributed by atoms with Crippen LogP contribution in [-0.2, 0) is 19.5 Å². The van der Waals surface area contributed by atoms with E-state index in [0.29, 0.717) is 4.47 Å². The van der Waals surface area contributed by atoms with Gasteiger partial charge in [-0.25, -0.2) is 9.78 Å². The molecule has 0 aliphatic heterocycles. The van der Waals surface area contributed by atoms with Crippen molar-refractivity contribution in [3.63, 3.8) is 0 Å². The number of carboxylic acid groups (broad SMARTS) is 1. The van der Waals surface area contributed by atoms with E-state index in [1.807, 2.05) is 0 Å². The van der Waals surface area contributed by atoms with E-state index in [1.165, 1.54) is 13.3 Å². The van der Waals surface area contributed by atoms with Gasteiger partial charge in [-0.1, -0.05) is 0 Å². The fourth-order valence-corrected chi connectivity index (χ4v) is 1.24. The Hall–Kier alpha value is -0.477. The Bertz CT molecular complexity index is 319. The number of nitrogens with zero attached hydrogens (tertiary/aromatic N) is 1. The molecule has 0 saturated carbocycles. The van der Waals surface area contributed by atoms with Gasteiger partial charge in [0.05, 0.1) is 11.6 Å². The van der Waals surface area contributed by atoms with E-state index in [0.717, 1.165) is 0 Å². The summed E-state index contributed by atoms with van der Waals surface area (Å²) in [4.78, 5) is 14.2. The Balaban J connectivity index is 0.00000144. The molecule has 0 aromatic carbocycles. The monoisotopic (exact) mass is 295 g/mol. The first-order chi connectivity index (χ1) is 5.66. The topological polar surface area (TPSA) is 59.4 Å². The zero-order chi connectivity index (χ0) is 9.14. The van der Waals surface area contributed by atoms with Crippen LogP contribution in [0.1, 0.15) is 10.5 Å². The average molecular weight is 297 g/mol. The third kappa shape index (κ3) is 2.74. The van der Waals surface area contributed by atoms with E-state index in [1.54, 1.807) is 6.07 Å². The van der Waals surface area contributed by atoms with Gasteiger partial charge in [0, 0.05) is 25.7 Å². The standard InChI is InChI=1S/C7H6BrNO3.Zn/c1-12-6-4(8)2-3-9-5(6)7(10)11;/h2-3H,1H3,(H,10,11);. The zero-order valence-corrected chi connectivity index (χ0v) is 11.5. The fourth-order valence-electron chi connectivity index (χ4n) is 0.771. The quantitative estimate of drug-likeness (QED) is 0.841. The van der Waals surface area contributed by atoms with Crippen LogP contribution >= 0.6 is 15.9 Å². The van der Waals surface area contributed by atoms with Gasteiger partial charge in [0.15, 0.2) is 11.4 Å². The number of aromatic nitrogens is 1. The molecular weight excluding hydrogens is 291 g/mol. The minimum Gasteiger partial charge on any atom is -0.493 e. The van der Waals surface area contributed by atoms with Gasteiger partial charge in [-0.3, -0.25) is 0 Å². The molecule has 1 heterocycles. The number of methoxy groups -OCH3 is 1. The van der Waals surface area contributed by atoms with Crippen molar-refractivity contribution in [1.82, 2.24) is 4.98 Å². The molecule has 1 N–H and O–H groups in total. The predicted molar refractivity (Wildman–Crippen MR) is 45.4 cm³/mol. The number of hydrogen-bond donors (Lipinski definition) is 1. The van der Waals surface area contributed by atoms with Crippen molar-refractivity contribution < 1.29 is 34.1 Å². The molecule has 0 amide bonds. The van der Waals surface area contributed by atoms with Gasteiger partial charge in [-0.15, -0.1) is 0 Å². The van der Waals surface area contributed by atoms with Gasteiger partial charge in [0.1, 0.15) is 0 Å². The first-order valence-electron chi connectivity index (χ1n) is 3.08. The summed E-state index contributed by atoms with van der Waals surface area (Å²) in [6.07, 6.45) is 1.40. The van der Waals surface area contributed by atoms with E-state index >= 15 is 0 Å². The van der Waals surface area contributed by atoms with Gasteiger partial charge in [0.25, 0.3) is 0 Å². The molecule has 0 aliphatic carbocycles. The number of aromatic carboxylic acids is 1. The van der Waals surface area contributed by atoms with Crippen molar-refractivity contribution in [2.24, 2.45) is 0 Å². The molecule has 13 heavy (non-hydrogen) atoms. The third-order valence-electron chi connectivity index (χ3n) is 1.26. The van der Waals surface area contributed by atoms with Crippen molar-refractivity contribution in [3.8, 4) is 5.75 Å². The number of pyridine rings is 1. The molecule has 0 radical (unpaired) electrons. The summed E-state index contributed by atoms with van der Waals surface area (Å²) < 4.78 is 5.43. The maximum absolute atomic E-state index is 10.6. The van der Waals surface area contributed by atoms with Crippen LogP contribution in [0, 0.1) is 0 Å². The van der Waals surface area contributed by atoms with Crippen LogP contribution in [0.25, 0.3) is 0 Å². The van der Waals surface area contributed by atoms with E-state index < -0.39 is 5.97 Å². The minimum absolute atomic E-state index is 0. The largest absolute Gasteiger partial charge is 0.493 e. The Labute approximate surface area is 96.2 Å². The molecule has 0 atom stereocenters. The summed E-state index contributed by atoms with van der Waals surface area (Å²) in [5.74, 6) is -0.863. The van der Waals surface area contributed by atoms with Crippen molar-refractivity contribution in [3.05, 3.63) is 22.4 Å². The SMILES string of the molecule is COc1c(Br)ccnc1C(=O)O.[Zn]. The summed E-state index contributed by atoms with van der Waals surface area (Å²) in [6.45, 7) is 0. The van der Waals surface area contributed by atoms with Crippen molar-refractivity contribution in [1.29, 1.82) is 0 Å². The number of carbonyl (C=O) groups is 1. The molecular formula is C7H6BrNO3Zn. The van der Waals surface area contributed by atoms with Crippen LogP contribution in [0.2, 0.25) is 0 Å². The van der Waals surface area contributed by atoms with Crippen LogP contribution in [0.3, 0.4) is 0 Å². The predicted octanol–water partition coefficient (Wildman–Crippen LogP) is 1.55. The number of ether oxygens (including phenoxy) is 1. The second-order valence-electron chi connectivity index (χ2n) is 1.98.